The SMILES string of the molecule is CCC(=O)N1CCN(c2nc3c(s2)C[C@H](C(=O)N2CCN(C(C)C)CC2)CC3)CC1. The Morgan fingerprint density at radius 1 is 1.03 bits per heavy atom. The average Bonchev–Trinajstić information content (AvgIpc) is 3.21. The van der Waals surface area contributed by atoms with Gasteiger partial charge in [0.2, 0.25) is 11.8 Å². The lowest BCUT2D eigenvalue weighted by atomic mass is 9.90. The van der Waals surface area contributed by atoms with Gasteiger partial charge in [0.05, 0.1) is 5.69 Å². The molecule has 0 aromatic carbocycles. The third kappa shape index (κ3) is 4.49. The number of fused-ring (bicyclic) bond motifs is 1. The molecule has 1 atom stereocenters. The fourth-order valence-electron chi connectivity index (χ4n) is 4.80. The summed E-state index contributed by atoms with van der Waals surface area (Å²) in [5.41, 5.74) is 1.19. The zero-order chi connectivity index (χ0) is 21.3. The minimum absolute atomic E-state index is 0.107. The van der Waals surface area contributed by atoms with Gasteiger partial charge in [0.25, 0.3) is 0 Å². The van der Waals surface area contributed by atoms with E-state index in [1.165, 1.54) is 10.6 Å². The maximum absolute atomic E-state index is 13.1. The van der Waals surface area contributed by atoms with Crippen molar-refractivity contribution >= 4 is 28.3 Å². The highest BCUT2D eigenvalue weighted by atomic mass is 32.1. The standard InChI is InChI=1S/C22H35N5O2S/c1-4-20(28)25-9-13-27(14-10-25)22-23-18-6-5-17(15-19(18)30-22)21(29)26-11-7-24(8-12-26)16(2)3/h16-17H,4-15H2,1-3H3/t17-/m1/s1. The number of piperazine rings is 2. The third-order valence-corrected chi connectivity index (χ3v) is 8.02. The van der Waals surface area contributed by atoms with E-state index in [1.54, 1.807) is 11.3 Å². The van der Waals surface area contributed by atoms with Gasteiger partial charge in [-0.05, 0) is 33.1 Å². The second-order valence-electron chi connectivity index (χ2n) is 8.98. The van der Waals surface area contributed by atoms with Crippen molar-refractivity contribution in [3.63, 3.8) is 0 Å². The lowest BCUT2D eigenvalue weighted by molar-refractivity contribution is -0.138. The summed E-state index contributed by atoms with van der Waals surface area (Å²) in [4.78, 5) is 40.0. The third-order valence-electron chi connectivity index (χ3n) is 6.84. The van der Waals surface area contributed by atoms with Crippen LogP contribution in [0.4, 0.5) is 5.13 Å². The Hall–Kier alpha value is -1.67. The van der Waals surface area contributed by atoms with E-state index in [1.807, 2.05) is 11.8 Å². The Kier molecular flexibility index (Phi) is 6.63. The summed E-state index contributed by atoms with van der Waals surface area (Å²) in [5, 5.41) is 1.07. The van der Waals surface area contributed by atoms with E-state index in [0.717, 1.165) is 76.8 Å². The Balaban J connectivity index is 1.33. The molecule has 0 bridgehead atoms. The van der Waals surface area contributed by atoms with Gasteiger partial charge in [-0.25, -0.2) is 4.98 Å². The Labute approximate surface area is 184 Å². The van der Waals surface area contributed by atoms with Crippen LogP contribution in [-0.2, 0) is 22.4 Å². The molecule has 0 radical (unpaired) electrons. The van der Waals surface area contributed by atoms with E-state index in [2.05, 4.69) is 28.5 Å². The lowest BCUT2D eigenvalue weighted by Crippen LogP contribution is -2.52. The van der Waals surface area contributed by atoms with Crippen molar-refractivity contribution < 1.29 is 9.59 Å². The maximum Gasteiger partial charge on any atom is 0.226 e. The molecule has 2 aliphatic heterocycles. The van der Waals surface area contributed by atoms with Crippen LogP contribution in [0.1, 0.15) is 44.2 Å². The maximum atomic E-state index is 13.1. The van der Waals surface area contributed by atoms with E-state index in [-0.39, 0.29) is 11.8 Å². The first kappa shape index (κ1) is 21.6. The summed E-state index contributed by atoms with van der Waals surface area (Å²) in [6.45, 7) is 13.3. The summed E-state index contributed by atoms with van der Waals surface area (Å²) in [6.07, 6.45) is 3.23. The highest BCUT2D eigenvalue weighted by Crippen LogP contribution is 2.35. The number of anilines is 1. The highest BCUT2D eigenvalue weighted by molar-refractivity contribution is 7.15. The predicted octanol–water partition coefficient (Wildman–Crippen LogP) is 1.86. The van der Waals surface area contributed by atoms with Crippen LogP contribution in [0, 0.1) is 5.92 Å². The van der Waals surface area contributed by atoms with Crippen LogP contribution >= 0.6 is 11.3 Å². The normalized spacial score (nSPS) is 23.1. The number of hydrogen-bond acceptors (Lipinski definition) is 6. The van der Waals surface area contributed by atoms with Crippen molar-refractivity contribution in [3.8, 4) is 0 Å². The fraction of sp³-hybridized carbons (Fsp3) is 0.773. The van der Waals surface area contributed by atoms with Gasteiger partial charge in [-0.2, -0.15) is 0 Å². The number of aryl methyl sites for hydroxylation is 1. The molecule has 1 aliphatic carbocycles. The predicted molar refractivity (Wildman–Crippen MR) is 120 cm³/mol. The van der Waals surface area contributed by atoms with E-state index < -0.39 is 0 Å². The van der Waals surface area contributed by atoms with Crippen molar-refractivity contribution in [2.45, 2.75) is 52.5 Å². The van der Waals surface area contributed by atoms with Gasteiger partial charge >= 0.3 is 0 Å². The monoisotopic (exact) mass is 433 g/mol. The number of amides is 2. The molecule has 1 aromatic heterocycles. The molecule has 0 N–H and O–H groups in total. The summed E-state index contributed by atoms with van der Waals surface area (Å²) >= 11 is 1.76. The first-order valence-corrected chi connectivity index (χ1v) is 12.3. The number of nitrogens with zero attached hydrogens (tertiary/aromatic N) is 5. The molecule has 1 aromatic rings. The van der Waals surface area contributed by atoms with Crippen molar-refractivity contribution in [1.82, 2.24) is 19.7 Å². The van der Waals surface area contributed by atoms with Crippen LogP contribution in [0.3, 0.4) is 0 Å². The minimum atomic E-state index is 0.107. The average molecular weight is 434 g/mol. The van der Waals surface area contributed by atoms with Gasteiger partial charge in [0.1, 0.15) is 0 Å². The zero-order valence-corrected chi connectivity index (χ0v) is 19.4. The Bertz CT molecular complexity index is 764. The molecule has 3 aliphatic rings. The van der Waals surface area contributed by atoms with Crippen LogP contribution in [-0.4, -0.2) is 89.9 Å². The first-order chi connectivity index (χ1) is 14.5. The molecule has 4 rings (SSSR count). The summed E-state index contributed by atoms with van der Waals surface area (Å²) in [7, 11) is 0. The van der Waals surface area contributed by atoms with Gasteiger partial charge in [0, 0.05) is 75.6 Å². The zero-order valence-electron chi connectivity index (χ0n) is 18.6. The lowest BCUT2D eigenvalue weighted by Gasteiger charge is -2.38. The minimum Gasteiger partial charge on any atom is -0.345 e. The van der Waals surface area contributed by atoms with Crippen molar-refractivity contribution in [2.24, 2.45) is 5.92 Å². The number of carbonyl (C=O) groups excluding carboxylic acids is 2. The summed E-state index contributed by atoms with van der Waals surface area (Å²) in [6, 6.07) is 0.553. The molecule has 0 unspecified atom stereocenters. The van der Waals surface area contributed by atoms with Crippen LogP contribution in [0.5, 0.6) is 0 Å². The molecule has 166 valence electrons. The largest absolute Gasteiger partial charge is 0.345 e. The van der Waals surface area contributed by atoms with Crippen molar-refractivity contribution in [1.29, 1.82) is 0 Å². The van der Waals surface area contributed by atoms with Crippen LogP contribution in [0.2, 0.25) is 0 Å². The van der Waals surface area contributed by atoms with E-state index in [9.17, 15) is 9.59 Å². The molecule has 3 heterocycles. The van der Waals surface area contributed by atoms with E-state index in [0.29, 0.717) is 18.4 Å². The molecule has 30 heavy (non-hydrogen) atoms. The second kappa shape index (κ2) is 9.22. The quantitative estimate of drug-likeness (QED) is 0.725. The molecule has 0 spiro atoms. The number of thiazole rings is 1. The van der Waals surface area contributed by atoms with Gasteiger partial charge in [-0.1, -0.05) is 6.92 Å². The second-order valence-corrected chi connectivity index (χ2v) is 10.0. The first-order valence-electron chi connectivity index (χ1n) is 11.5. The molecule has 8 heteroatoms. The molecule has 2 fully saturated rings. The molecule has 7 nitrogen and oxygen atoms in total. The van der Waals surface area contributed by atoms with Gasteiger partial charge in [0.15, 0.2) is 5.13 Å². The molecule has 2 amide bonds. The van der Waals surface area contributed by atoms with Crippen LogP contribution in [0.15, 0.2) is 0 Å². The van der Waals surface area contributed by atoms with Gasteiger partial charge < -0.3 is 14.7 Å². The number of rotatable bonds is 4. The molecule has 2 saturated heterocycles. The molecular weight excluding hydrogens is 398 g/mol. The number of hydrogen-bond donors (Lipinski definition) is 0. The topological polar surface area (TPSA) is 60.0 Å². The molecular formula is C22H35N5O2S. The van der Waals surface area contributed by atoms with Crippen LogP contribution in [0.25, 0.3) is 0 Å². The van der Waals surface area contributed by atoms with Crippen molar-refractivity contribution in [2.75, 3.05) is 57.3 Å². The summed E-state index contributed by atoms with van der Waals surface area (Å²) in [5.74, 6) is 0.685. The van der Waals surface area contributed by atoms with Gasteiger partial charge in [-0.3, -0.25) is 14.5 Å². The Morgan fingerprint density at radius 3 is 2.33 bits per heavy atom. The van der Waals surface area contributed by atoms with E-state index >= 15 is 0 Å². The van der Waals surface area contributed by atoms with E-state index in [4.69, 9.17) is 4.98 Å². The number of carbonyl (C=O) groups is 2. The smallest absolute Gasteiger partial charge is 0.226 e. The summed E-state index contributed by atoms with van der Waals surface area (Å²) < 4.78 is 0. The fourth-order valence-corrected chi connectivity index (χ4v) is 6.03. The Morgan fingerprint density at radius 2 is 1.70 bits per heavy atom. The van der Waals surface area contributed by atoms with Crippen molar-refractivity contribution in [3.05, 3.63) is 10.6 Å². The van der Waals surface area contributed by atoms with Gasteiger partial charge in [-0.15, -0.1) is 11.3 Å². The van der Waals surface area contributed by atoms with Crippen LogP contribution < -0.4 is 4.90 Å². The number of aromatic nitrogens is 1. The molecule has 0 saturated carbocycles. The highest BCUT2D eigenvalue weighted by Gasteiger charge is 2.33.